The van der Waals surface area contributed by atoms with E-state index in [1.165, 1.54) is 25.3 Å². The Morgan fingerprint density at radius 3 is 2.44 bits per heavy atom. The molecule has 0 bridgehead atoms. The summed E-state index contributed by atoms with van der Waals surface area (Å²) in [6.45, 7) is -0.712. The first kappa shape index (κ1) is 22.9. The minimum atomic E-state index is -0.643. The van der Waals surface area contributed by atoms with Gasteiger partial charge in [-0.15, -0.1) is 0 Å². The van der Waals surface area contributed by atoms with Crippen LogP contribution in [0.3, 0.4) is 0 Å². The third-order valence-corrected chi connectivity index (χ3v) is 4.47. The Bertz CT molecular complexity index is 1120. The summed E-state index contributed by atoms with van der Waals surface area (Å²) in [6.07, 6.45) is 1.69. The molecule has 3 rings (SSSR count). The van der Waals surface area contributed by atoms with Crippen LogP contribution in [0.25, 0.3) is 11.3 Å². The van der Waals surface area contributed by atoms with Crippen LogP contribution in [0.1, 0.15) is 10.4 Å². The third kappa shape index (κ3) is 6.37. The van der Waals surface area contributed by atoms with E-state index in [1.54, 1.807) is 24.4 Å². The first-order valence-electron chi connectivity index (χ1n) is 9.53. The van der Waals surface area contributed by atoms with Crippen molar-refractivity contribution in [2.24, 2.45) is 0 Å². The van der Waals surface area contributed by atoms with E-state index in [2.05, 4.69) is 20.4 Å². The number of methoxy groups -OCH3 is 1. The monoisotopic (exact) mass is 453 g/mol. The number of amides is 2. The molecule has 0 saturated carbocycles. The molecule has 0 saturated heterocycles. The number of nitrogens with one attached hydrogen (secondary N) is 2. The van der Waals surface area contributed by atoms with Crippen molar-refractivity contribution in [2.45, 2.75) is 0 Å². The number of nitrogens with zero attached hydrogens (tertiary/aromatic N) is 1. The Labute approximate surface area is 189 Å². The largest absolute Gasteiger partial charge is 0.465 e. The van der Waals surface area contributed by atoms with Crippen LogP contribution >= 0.6 is 11.6 Å². The van der Waals surface area contributed by atoms with Gasteiger partial charge in [-0.3, -0.25) is 14.6 Å². The van der Waals surface area contributed by atoms with Gasteiger partial charge in [-0.25, -0.2) is 4.79 Å². The normalized spacial score (nSPS) is 10.3. The highest BCUT2D eigenvalue weighted by molar-refractivity contribution is 6.31. The molecule has 0 fully saturated rings. The molecule has 0 aliphatic heterocycles. The number of carbonyl (C=O) groups is 3. The predicted octanol–water partition coefficient (Wildman–Crippen LogP) is 3.78. The third-order valence-electron chi connectivity index (χ3n) is 4.23. The van der Waals surface area contributed by atoms with Crippen molar-refractivity contribution in [3.05, 3.63) is 77.4 Å². The second kappa shape index (κ2) is 11.0. The van der Waals surface area contributed by atoms with Gasteiger partial charge in [0.25, 0.3) is 0 Å². The maximum atomic E-state index is 12.2. The lowest BCUT2D eigenvalue weighted by Crippen LogP contribution is -2.24. The molecule has 3 aromatic rings. The number of hydrogen-bond acceptors (Lipinski definition) is 6. The number of ether oxygens (including phenoxy) is 2. The first-order chi connectivity index (χ1) is 15.5. The number of aromatic nitrogens is 1. The Hall–Kier alpha value is -3.75. The van der Waals surface area contributed by atoms with Crippen molar-refractivity contribution >= 4 is 40.8 Å². The lowest BCUT2D eigenvalue weighted by Gasteiger charge is -2.11. The maximum absolute atomic E-state index is 12.2. The zero-order chi connectivity index (χ0) is 22.9. The molecule has 1 heterocycles. The van der Waals surface area contributed by atoms with Gasteiger partial charge in [0.2, 0.25) is 11.8 Å². The fourth-order valence-corrected chi connectivity index (χ4v) is 2.99. The molecule has 0 aliphatic rings. The number of rotatable bonds is 8. The van der Waals surface area contributed by atoms with Crippen LogP contribution in [-0.4, -0.2) is 43.1 Å². The predicted molar refractivity (Wildman–Crippen MR) is 121 cm³/mol. The topological polar surface area (TPSA) is 107 Å². The van der Waals surface area contributed by atoms with Crippen molar-refractivity contribution in [2.75, 3.05) is 31.0 Å². The second-order valence-corrected chi connectivity index (χ2v) is 7.00. The van der Waals surface area contributed by atoms with Crippen molar-refractivity contribution < 1.29 is 23.9 Å². The Morgan fingerprint density at radius 2 is 1.72 bits per heavy atom. The molecule has 2 aromatic carbocycles. The average molecular weight is 454 g/mol. The smallest absolute Gasteiger partial charge is 0.340 e. The van der Waals surface area contributed by atoms with Crippen molar-refractivity contribution in [1.82, 2.24) is 4.98 Å². The number of esters is 1. The highest BCUT2D eigenvalue weighted by Crippen LogP contribution is 2.22. The summed E-state index contributed by atoms with van der Waals surface area (Å²) in [5.74, 6) is -1.60. The number of hydrogen-bond donors (Lipinski definition) is 2. The molecule has 8 nitrogen and oxygen atoms in total. The number of benzene rings is 2. The highest BCUT2D eigenvalue weighted by Gasteiger charge is 2.15. The quantitative estimate of drug-likeness (QED) is 0.503. The lowest BCUT2D eigenvalue weighted by molar-refractivity contribution is -0.125. The van der Waals surface area contributed by atoms with Crippen LogP contribution in [0.15, 0.2) is 66.9 Å². The molecule has 2 N–H and O–H groups in total. The number of pyridine rings is 1. The van der Waals surface area contributed by atoms with Crippen molar-refractivity contribution in [1.29, 1.82) is 0 Å². The summed E-state index contributed by atoms with van der Waals surface area (Å²) in [6, 6.07) is 17.2. The van der Waals surface area contributed by atoms with Gasteiger partial charge < -0.3 is 20.1 Å². The van der Waals surface area contributed by atoms with Gasteiger partial charge in [0, 0.05) is 22.5 Å². The van der Waals surface area contributed by atoms with Crippen LogP contribution in [0.5, 0.6) is 0 Å². The summed E-state index contributed by atoms with van der Waals surface area (Å²) >= 11 is 5.89. The summed E-state index contributed by atoms with van der Waals surface area (Å²) in [5, 5.41) is 5.58. The average Bonchev–Trinajstić information content (AvgIpc) is 2.80. The van der Waals surface area contributed by atoms with Crippen molar-refractivity contribution in [3.63, 3.8) is 0 Å². The number of carbonyl (C=O) groups excluding carboxylic acids is 3. The zero-order valence-electron chi connectivity index (χ0n) is 17.1. The van der Waals surface area contributed by atoms with Crippen molar-refractivity contribution in [3.8, 4) is 11.3 Å². The molecule has 0 aliphatic carbocycles. The van der Waals surface area contributed by atoms with E-state index in [0.29, 0.717) is 10.7 Å². The SMILES string of the molecule is COC(=O)c1cc(Cl)ccc1NC(=O)COCC(=O)Nc1cccc(-c2ccccn2)c1. The maximum Gasteiger partial charge on any atom is 0.340 e. The molecule has 0 unspecified atom stereocenters. The standard InChI is InChI=1S/C23H20ClN3O5/c1-31-23(30)18-12-16(24)8-9-20(18)27-22(29)14-32-13-21(28)26-17-6-4-5-15(11-17)19-7-2-3-10-25-19/h2-12H,13-14H2,1H3,(H,26,28)(H,27,29). The van der Waals surface area contributed by atoms with Crippen LogP contribution in [0, 0.1) is 0 Å². The Kier molecular flexibility index (Phi) is 7.91. The molecule has 9 heteroatoms. The molecule has 164 valence electrons. The van der Waals surface area contributed by atoms with Gasteiger partial charge in [-0.05, 0) is 42.5 Å². The van der Waals surface area contributed by atoms with Gasteiger partial charge in [-0.2, -0.15) is 0 Å². The Morgan fingerprint density at radius 1 is 0.938 bits per heavy atom. The Balaban J connectivity index is 1.50. The summed E-state index contributed by atoms with van der Waals surface area (Å²) < 4.78 is 9.87. The lowest BCUT2D eigenvalue weighted by atomic mass is 10.1. The van der Waals surface area contributed by atoms with Crippen LogP contribution in [0.4, 0.5) is 11.4 Å². The van der Waals surface area contributed by atoms with Crippen LogP contribution in [-0.2, 0) is 19.1 Å². The molecule has 1 aromatic heterocycles. The fraction of sp³-hybridized carbons (Fsp3) is 0.130. The fourth-order valence-electron chi connectivity index (χ4n) is 2.81. The van der Waals surface area contributed by atoms with Gasteiger partial charge in [0.15, 0.2) is 0 Å². The minimum absolute atomic E-state index is 0.110. The summed E-state index contributed by atoms with van der Waals surface area (Å²) in [5.41, 5.74) is 2.55. The van der Waals surface area contributed by atoms with E-state index in [1.807, 2.05) is 24.3 Å². The molecule has 0 spiro atoms. The molecule has 32 heavy (non-hydrogen) atoms. The van der Waals surface area contributed by atoms with Gasteiger partial charge >= 0.3 is 5.97 Å². The highest BCUT2D eigenvalue weighted by atomic mass is 35.5. The van der Waals surface area contributed by atoms with E-state index in [0.717, 1.165) is 11.3 Å². The number of halogens is 1. The van der Waals surface area contributed by atoms with E-state index >= 15 is 0 Å². The molecule has 0 atom stereocenters. The van der Waals surface area contributed by atoms with E-state index in [4.69, 9.17) is 16.3 Å². The molecule has 0 radical (unpaired) electrons. The minimum Gasteiger partial charge on any atom is -0.465 e. The van der Waals surface area contributed by atoms with Crippen LogP contribution < -0.4 is 10.6 Å². The van der Waals surface area contributed by atoms with Gasteiger partial charge in [0.1, 0.15) is 13.2 Å². The van der Waals surface area contributed by atoms with E-state index in [9.17, 15) is 14.4 Å². The number of anilines is 2. The van der Waals surface area contributed by atoms with Gasteiger partial charge in [0.05, 0.1) is 24.1 Å². The van der Waals surface area contributed by atoms with Crippen LogP contribution in [0.2, 0.25) is 5.02 Å². The summed E-state index contributed by atoms with van der Waals surface area (Å²) in [4.78, 5) is 40.4. The molecule has 2 amide bonds. The molecular weight excluding hydrogens is 434 g/mol. The summed E-state index contributed by atoms with van der Waals surface area (Å²) in [7, 11) is 1.22. The van der Waals surface area contributed by atoms with E-state index < -0.39 is 17.8 Å². The second-order valence-electron chi connectivity index (χ2n) is 6.57. The van der Waals surface area contributed by atoms with Gasteiger partial charge in [-0.1, -0.05) is 29.8 Å². The zero-order valence-corrected chi connectivity index (χ0v) is 17.9. The first-order valence-corrected chi connectivity index (χ1v) is 9.91. The van der Waals surface area contributed by atoms with E-state index in [-0.39, 0.29) is 24.5 Å². The molecular formula is C23H20ClN3O5.